The minimum Gasteiger partial charge on any atom is -0.282 e. The first kappa shape index (κ1) is 10.5. The Hall–Kier alpha value is -1.64. The number of aryl methyl sites for hydroxylation is 2. The van der Waals surface area contributed by atoms with Crippen molar-refractivity contribution >= 4 is 0 Å². The van der Waals surface area contributed by atoms with Gasteiger partial charge in [0.05, 0.1) is 5.69 Å². The number of hydrogen-bond acceptors (Lipinski definition) is 1. The molecule has 0 aliphatic heterocycles. The van der Waals surface area contributed by atoms with Crippen LogP contribution in [0.25, 0.3) is 11.1 Å². The quantitative estimate of drug-likeness (QED) is 0.837. The predicted octanol–water partition coefficient (Wildman–Crippen LogP) is 3.71. The van der Waals surface area contributed by atoms with E-state index in [1.165, 1.54) is 12.8 Å². The number of hydrogen-bond donors (Lipinski definition) is 1. The molecule has 1 aliphatic rings. The van der Waals surface area contributed by atoms with E-state index in [0.29, 0.717) is 11.5 Å². The smallest absolute Gasteiger partial charge is 0.126 e. The lowest BCUT2D eigenvalue weighted by Gasteiger charge is -2.05. The molecule has 0 unspecified atom stereocenters. The summed E-state index contributed by atoms with van der Waals surface area (Å²) in [5.74, 6) is 0.421. The van der Waals surface area contributed by atoms with Gasteiger partial charge in [-0.05, 0) is 43.9 Å². The predicted molar refractivity (Wildman–Crippen MR) is 65.4 cm³/mol. The molecule has 0 bridgehead atoms. The molecule has 1 N–H and O–H groups in total. The minimum absolute atomic E-state index is 0.148. The molecule has 0 amide bonds. The third-order valence-electron chi connectivity index (χ3n) is 3.40. The van der Waals surface area contributed by atoms with E-state index in [0.717, 1.165) is 22.5 Å². The first-order valence-electron chi connectivity index (χ1n) is 5.98. The molecule has 1 aliphatic carbocycles. The van der Waals surface area contributed by atoms with Crippen LogP contribution < -0.4 is 0 Å². The highest BCUT2D eigenvalue weighted by Gasteiger charge is 2.30. The van der Waals surface area contributed by atoms with Crippen LogP contribution in [0.5, 0.6) is 0 Å². The second kappa shape index (κ2) is 3.69. The van der Waals surface area contributed by atoms with Crippen LogP contribution in [0, 0.1) is 19.7 Å². The van der Waals surface area contributed by atoms with Crippen LogP contribution in [0.2, 0.25) is 0 Å². The normalized spacial score (nSPS) is 15.2. The van der Waals surface area contributed by atoms with Gasteiger partial charge < -0.3 is 0 Å². The number of rotatable bonds is 2. The molecule has 1 aromatic heterocycles. The molecule has 0 saturated heterocycles. The van der Waals surface area contributed by atoms with E-state index in [-0.39, 0.29) is 5.82 Å². The van der Waals surface area contributed by atoms with Crippen LogP contribution in [0.15, 0.2) is 18.2 Å². The molecule has 0 spiro atoms. The van der Waals surface area contributed by atoms with Crippen LogP contribution in [0.1, 0.15) is 35.7 Å². The van der Waals surface area contributed by atoms with Crippen LogP contribution in [0.3, 0.4) is 0 Å². The Morgan fingerprint density at radius 3 is 2.71 bits per heavy atom. The van der Waals surface area contributed by atoms with E-state index in [2.05, 4.69) is 10.2 Å². The topological polar surface area (TPSA) is 28.7 Å². The van der Waals surface area contributed by atoms with Gasteiger partial charge in [0.1, 0.15) is 5.82 Å². The molecule has 3 rings (SSSR count). The molecule has 0 radical (unpaired) electrons. The van der Waals surface area contributed by atoms with Crippen molar-refractivity contribution < 1.29 is 4.39 Å². The Labute approximate surface area is 99.9 Å². The molecular weight excluding hydrogens is 215 g/mol. The van der Waals surface area contributed by atoms with Gasteiger partial charge >= 0.3 is 0 Å². The summed E-state index contributed by atoms with van der Waals surface area (Å²) in [4.78, 5) is 0. The van der Waals surface area contributed by atoms with Gasteiger partial charge in [-0.3, -0.25) is 5.10 Å². The molecule has 0 atom stereocenters. The van der Waals surface area contributed by atoms with Gasteiger partial charge in [0.15, 0.2) is 0 Å². The summed E-state index contributed by atoms with van der Waals surface area (Å²) in [6.07, 6.45) is 2.40. The van der Waals surface area contributed by atoms with Gasteiger partial charge in [0, 0.05) is 17.2 Å². The molecule has 1 saturated carbocycles. The third-order valence-corrected chi connectivity index (χ3v) is 3.40. The van der Waals surface area contributed by atoms with Crippen molar-refractivity contribution in [1.82, 2.24) is 10.2 Å². The van der Waals surface area contributed by atoms with Gasteiger partial charge in [0.2, 0.25) is 0 Å². The SMILES string of the molecule is Cc1ccc(-c2c(C3CC3)n[nH]c2C)cc1F. The summed E-state index contributed by atoms with van der Waals surface area (Å²) in [7, 11) is 0. The maximum Gasteiger partial charge on any atom is 0.126 e. The number of aromatic amines is 1. The number of benzene rings is 1. The molecule has 2 nitrogen and oxygen atoms in total. The van der Waals surface area contributed by atoms with E-state index in [9.17, 15) is 4.39 Å². The summed E-state index contributed by atoms with van der Waals surface area (Å²) in [6, 6.07) is 5.41. The van der Waals surface area contributed by atoms with E-state index in [1.807, 2.05) is 19.1 Å². The number of H-pyrrole nitrogens is 1. The summed E-state index contributed by atoms with van der Waals surface area (Å²) in [6.45, 7) is 3.77. The van der Waals surface area contributed by atoms with Crippen molar-refractivity contribution in [2.45, 2.75) is 32.6 Å². The van der Waals surface area contributed by atoms with Crippen molar-refractivity contribution in [2.24, 2.45) is 0 Å². The summed E-state index contributed by atoms with van der Waals surface area (Å²) < 4.78 is 13.6. The lowest BCUT2D eigenvalue weighted by molar-refractivity contribution is 0.619. The van der Waals surface area contributed by atoms with Crippen molar-refractivity contribution in [3.63, 3.8) is 0 Å². The summed E-state index contributed by atoms with van der Waals surface area (Å²) >= 11 is 0. The van der Waals surface area contributed by atoms with Gasteiger partial charge in [0.25, 0.3) is 0 Å². The Kier molecular flexibility index (Phi) is 2.28. The number of halogens is 1. The first-order valence-corrected chi connectivity index (χ1v) is 5.98. The summed E-state index contributed by atoms with van der Waals surface area (Å²) in [5, 5.41) is 7.38. The zero-order valence-electron chi connectivity index (χ0n) is 10.0. The van der Waals surface area contributed by atoms with E-state index in [1.54, 1.807) is 13.0 Å². The van der Waals surface area contributed by atoms with Crippen LogP contribution in [-0.2, 0) is 0 Å². The average molecular weight is 230 g/mol. The average Bonchev–Trinajstić information content (AvgIpc) is 3.07. The first-order chi connectivity index (χ1) is 8.16. The van der Waals surface area contributed by atoms with Crippen molar-refractivity contribution in [3.8, 4) is 11.1 Å². The number of nitrogens with zero attached hydrogens (tertiary/aromatic N) is 1. The highest BCUT2D eigenvalue weighted by atomic mass is 19.1. The molecule has 88 valence electrons. The molecular formula is C14H15FN2. The molecule has 1 heterocycles. The Bertz CT molecular complexity index is 568. The highest BCUT2D eigenvalue weighted by Crippen LogP contribution is 2.44. The molecule has 3 heteroatoms. The second-order valence-corrected chi connectivity index (χ2v) is 4.85. The number of nitrogens with one attached hydrogen (secondary N) is 1. The van der Waals surface area contributed by atoms with Crippen LogP contribution >= 0.6 is 0 Å². The fourth-order valence-corrected chi connectivity index (χ4v) is 2.21. The largest absolute Gasteiger partial charge is 0.282 e. The van der Waals surface area contributed by atoms with E-state index >= 15 is 0 Å². The van der Waals surface area contributed by atoms with E-state index < -0.39 is 0 Å². The number of aromatic nitrogens is 2. The molecule has 1 fully saturated rings. The minimum atomic E-state index is -0.148. The van der Waals surface area contributed by atoms with Crippen LogP contribution in [-0.4, -0.2) is 10.2 Å². The molecule has 1 aromatic carbocycles. The Morgan fingerprint density at radius 2 is 2.06 bits per heavy atom. The third kappa shape index (κ3) is 1.75. The summed E-state index contributed by atoms with van der Waals surface area (Å²) in [5.41, 5.74) is 4.83. The van der Waals surface area contributed by atoms with Crippen LogP contribution in [0.4, 0.5) is 4.39 Å². The zero-order valence-corrected chi connectivity index (χ0v) is 10.0. The van der Waals surface area contributed by atoms with Gasteiger partial charge in [-0.2, -0.15) is 5.10 Å². The van der Waals surface area contributed by atoms with Gasteiger partial charge in [-0.25, -0.2) is 4.39 Å². The zero-order chi connectivity index (χ0) is 12.0. The molecule has 2 aromatic rings. The maximum atomic E-state index is 13.6. The van der Waals surface area contributed by atoms with E-state index in [4.69, 9.17) is 0 Å². The fourth-order valence-electron chi connectivity index (χ4n) is 2.21. The second-order valence-electron chi connectivity index (χ2n) is 4.85. The Morgan fingerprint density at radius 1 is 1.29 bits per heavy atom. The standard InChI is InChI=1S/C14H15FN2/c1-8-3-4-11(7-12(8)15)13-9(2)16-17-14(13)10-5-6-10/h3-4,7,10H,5-6H2,1-2H3,(H,16,17). The van der Waals surface area contributed by atoms with Crippen molar-refractivity contribution in [1.29, 1.82) is 0 Å². The van der Waals surface area contributed by atoms with Gasteiger partial charge in [-0.1, -0.05) is 12.1 Å². The van der Waals surface area contributed by atoms with Crippen molar-refractivity contribution in [2.75, 3.05) is 0 Å². The maximum absolute atomic E-state index is 13.6. The molecule has 17 heavy (non-hydrogen) atoms. The Balaban J connectivity index is 2.13. The lowest BCUT2D eigenvalue weighted by atomic mass is 10.00. The van der Waals surface area contributed by atoms with Gasteiger partial charge in [-0.15, -0.1) is 0 Å². The van der Waals surface area contributed by atoms with Crippen molar-refractivity contribution in [3.05, 3.63) is 41.0 Å². The highest BCUT2D eigenvalue weighted by molar-refractivity contribution is 5.69. The monoisotopic (exact) mass is 230 g/mol. The fraction of sp³-hybridized carbons (Fsp3) is 0.357. The lowest BCUT2D eigenvalue weighted by Crippen LogP contribution is -1.89.